The Labute approximate surface area is 75.9 Å². The maximum atomic E-state index is 12.9. The summed E-state index contributed by atoms with van der Waals surface area (Å²) in [5.41, 5.74) is 5.79. The summed E-state index contributed by atoms with van der Waals surface area (Å²) in [6.45, 7) is 5.04. The van der Waals surface area contributed by atoms with Gasteiger partial charge in [-0.1, -0.05) is 12.6 Å². The molecule has 0 heterocycles. The van der Waals surface area contributed by atoms with Crippen molar-refractivity contribution in [2.75, 3.05) is 5.73 Å². The van der Waals surface area contributed by atoms with Crippen molar-refractivity contribution in [3.8, 4) is 0 Å². The zero-order valence-corrected chi connectivity index (χ0v) is 7.30. The molecule has 1 aromatic carbocycles. The first-order valence-electron chi connectivity index (χ1n) is 3.78. The Morgan fingerprint density at radius 2 is 2.15 bits per heavy atom. The molecule has 0 aromatic heterocycles. The summed E-state index contributed by atoms with van der Waals surface area (Å²) in [5, 5.41) is 0. The number of benzene rings is 1. The summed E-state index contributed by atoms with van der Waals surface area (Å²) >= 11 is 0. The van der Waals surface area contributed by atoms with Crippen LogP contribution in [0.4, 0.5) is 10.1 Å². The molecule has 0 spiro atoms. The van der Waals surface area contributed by atoms with Crippen LogP contribution in [0.15, 0.2) is 30.4 Å². The molecule has 0 saturated heterocycles. The number of carbonyl (C=O) groups is 1. The quantitative estimate of drug-likeness (QED) is 0.429. The fourth-order valence-electron chi connectivity index (χ4n) is 0.965. The van der Waals surface area contributed by atoms with Gasteiger partial charge in [0.05, 0.1) is 5.69 Å². The maximum Gasteiger partial charge on any atom is 0.190 e. The van der Waals surface area contributed by atoms with Crippen LogP contribution in [0.3, 0.4) is 0 Å². The Morgan fingerprint density at radius 1 is 1.54 bits per heavy atom. The van der Waals surface area contributed by atoms with Crippen LogP contribution in [-0.4, -0.2) is 5.78 Å². The molecule has 0 atom stereocenters. The number of nitrogen functional groups attached to an aromatic ring is 1. The van der Waals surface area contributed by atoms with Gasteiger partial charge in [0.1, 0.15) is 5.82 Å². The number of rotatable bonds is 2. The summed E-state index contributed by atoms with van der Waals surface area (Å²) in [4.78, 5) is 11.4. The van der Waals surface area contributed by atoms with Crippen LogP contribution in [0.1, 0.15) is 17.3 Å². The monoisotopic (exact) mass is 179 g/mol. The van der Waals surface area contributed by atoms with Gasteiger partial charge in [-0.2, -0.15) is 0 Å². The molecule has 0 radical (unpaired) electrons. The molecule has 2 nitrogen and oxygen atoms in total. The van der Waals surface area contributed by atoms with Gasteiger partial charge in [-0.25, -0.2) is 4.39 Å². The van der Waals surface area contributed by atoms with E-state index in [9.17, 15) is 9.18 Å². The van der Waals surface area contributed by atoms with E-state index in [0.717, 1.165) is 0 Å². The Kier molecular flexibility index (Phi) is 2.46. The average Bonchev–Trinajstić information content (AvgIpc) is 2.08. The van der Waals surface area contributed by atoms with Gasteiger partial charge in [-0.15, -0.1) is 0 Å². The first kappa shape index (κ1) is 9.45. The lowest BCUT2D eigenvalue weighted by atomic mass is 10.0. The highest BCUT2D eigenvalue weighted by Gasteiger charge is 2.12. The number of ketones is 1. The Bertz CT molecular complexity index is 371. The molecule has 1 aromatic rings. The first-order chi connectivity index (χ1) is 6.04. The maximum absolute atomic E-state index is 12.9. The zero-order chi connectivity index (χ0) is 10.0. The zero-order valence-electron chi connectivity index (χ0n) is 7.30. The van der Waals surface area contributed by atoms with Gasteiger partial charge >= 0.3 is 0 Å². The van der Waals surface area contributed by atoms with E-state index in [0.29, 0.717) is 5.57 Å². The van der Waals surface area contributed by atoms with Crippen molar-refractivity contribution in [3.63, 3.8) is 0 Å². The van der Waals surface area contributed by atoms with E-state index in [1.165, 1.54) is 18.2 Å². The number of hydrogen-bond acceptors (Lipinski definition) is 2. The van der Waals surface area contributed by atoms with Crippen molar-refractivity contribution < 1.29 is 9.18 Å². The third-order valence-corrected chi connectivity index (χ3v) is 1.69. The van der Waals surface area contributed by atoms with Crippen molar-refractivity contribution >= 4 is 11.5 Å². The molecule has 0 saturated carbocycles. The third kappa shape index (κ3) is 1.75. The molecular weight excluding hydrogens is 169 g/mol. The van der Waals surface area contributed by atoms with E-state index >= 15 is 0 Å². The summed E-state index contributed by atoms with van der Waals surface area (Å²) in [5.74, 6) is -0.899. The number of allylic oxidation sites excluding steroid dienone is 1. The summed E-state index contributed by atoms with van der Waals surface area (Å²) < 4.78 is 12.9. The molecule has 0 bridgehead atoms. The number of hydrogen-bond donors (Lipinski definition) is 1. The number of Topliss-reactive ketones (excluding diaryl/α,β-unsaturated/α-hetero) is 1. The minimum atomic E-state index is -0.577. The number of anilines is 1. The normalized spacial score (nSPS) is 9.69. The molecular formula is C10H10FNO. The number of carbonyl (C=O) groups excluding carboxylic acids is 1. The van der Waals surface area contributed by atoms with Crippen molar-refractivity contribution in [1.29, 1.82) is 0 Å². The summed E-state index contributed by atoms with van der Waals surface area (Å²) in [7, 11) is 0. The smallest absolute Gasteiger partial charge is 0.190 e. The summed E-state index contributed by atoms with van der Waals surface area (Å²) in [6, 6.07) is 4.14. The standard InChI is InChI=1S/C10H10FNO/c1-6(2)10(13)7-4-3-5-8(11)9(7)12/h3-5H,1,12H2,2H3. The van der Waals surface area contributed by atoms with Crippen LogP contribution < -0.4 is 5.73 Å². The highest BCUT2D eigenvalue weighted by atomic mass is 19.1. The molecule has 0 unspecified atom stereocenters. The highest BCUT2D eigenvalue weighted by molar-refractivity contribution is 6.11. The van der Waals surface area contributed by atoms with Gasteiger partial charge < -0.3 is 5.73 Å². The Balaban J connectivity index is 3.23. The van der Waals surface area contributed by atoms with Crippen LogP contribution in [-0.2, 0) is 0 Å². The molecule has 68 valence electrons. The van der Waals surface area contributed by atoms with Crippen LogP contribution in [0, 0.1) is 5.82 Å². The number of nitrogens with two attached hydrogens (primary N) is 1. The van der Waals surface area contributed by atoms with Crippen molar-refractivity contribution in [2.45, 2.75) is 6.92 Å². The van der Waals surface area contributed by atoms with Crippen LogP contribution in [0.5, 0.6) is 0 Å². The van der Waals surface area contributed by atoms with Crippen molar-refractivity contribution in [2.24, 2.45) is 0 Å². The van der Waals surface area contributed by atoms with E-state index in [1.807, 2.05) is 0 Å². The fraction of sp³-hybridized carbons (Fsp3) is 0.100. The molecule has 2 N–H and O–H groups in total. The third-order valence-electron chi connectivity index (χ3n) is 1.69. The topological polar surface area (TPSA) is 43.1 Å². The van der Waals surface area contributed by atoms with E-state index in [1.54, 1.807) is 6.92 Å². The minimum Gasteiger partial charge on any atom is -0.396 e. The molecule has 0 amide bonds. The molecule has 3 heteroatoms. The molecule has 0 aliphatic rings. The second-order valence-electron chi connectivity index (χ2n) is 2.81. The van der Waals surface area contributed by atoms with Crippen molar-refractivity contribution in [1.82, 2.24) is 0 Å². The number of halogens is 1. The number of para-hydroxylation sites is 1. The van der Waals surface area contributed by atoms with Gasteiger partial charge in [0.25, 0.3) is 0 Å². The van der Waals surface area contributed by atoms with Gasteiger partial charge in [0, 0.05) is 5.56 Å². The summed E-state index contributed by atoms with van der Waals surface area (Å²) in [6.07, 6.45) is 0. The fourth-order valence-corrected chi connectivity index (χ4v) is 0.965. The van der Waals surface area contributed by atoms with Gasteiger partial charge in [0.2, 0.25) is 0 Å². The molecule has 0 aliphatic carbocycles. The molecule has 0 aliphatic heterocycles. The molecule has 13 heavy (non-hydrogen) atoms. The lowest BCUT2D eigenvalue weighted by Crippen LogP contribution is -2.05. The van der Waals surface area contributed by atoms with Crippen LogP contribution in [0.25, 0.3) is 0 Å². The second kappa shape index (κ2) is 3.39. The highest BCUT2D eigenvalue weighted by Crippen LogP contribution is 2.18. The van der Waals surface area contributed by atoms with Crippen molar-refractivity contribution in [3.05, 3.63) is 41.7 Å². The predicted octanol–water partition coefficient (Wildman–Crippen LogP) is 2.17. The van der Waals surface area contributed by atoms with Crippen LogP contribution in [0.2, 0.25) is 0 Å². The van der Waals surface area contributed by atoms with E-state index in [-0.39, 0.29) is 17.0 Å². The van der Waals surface area contributed by atoms with Crippen LogP contribution >= 0.6 is 0 Å². The molecule has 0 fully saturated rings. The minimum absolute atomic E-state index is 0.115. The lowest BCUT2D eigenvalue weighted by Gasteiger charge is -2.04. The van der Waals surface area contributed by atoms with E-state index in [2.05, 4.69) is 6.58 Å². The van der Waals surface area contributed by atoms with E-state index in [4.69, 9.17) is 5.73 Å². The first-order valence-corrected chi connectivity index (χ1v) is 3.78. The van der Waals surface area contributed by atoms with E-state index < -0.39 is 5.82 Å². The lowest BCUT2D eigenvalue weighted by molar-refractivity contribution is 0.103. The van der Waals surface area contributed by atoms with Gasteiger partial charge in [-0.3, -0.25) is 4.79 Å². The second-order valence-corrected chi connectivity index (χ2v) is 2.81. The Hall–Kier alpha value is -1.64. The average molecular weight is 179 g/mol. The largest absolute Gasteiger partial charge is 0.396 e. The Morgan fingerprint density at radius 3 is 2.69 bits per heavy atom. The SMILES string of the molecule is C=C(C)C(=O)c1cccc(F)c1N. The van der Waals surface area contributed by atoms with Gasteiger partial charge in [0.15, 0.2) is 5.78 Å². The predicted molar refractivity (Wildman–Crippen MR) is 50.0 cm³/mol. The molecule has 1 rings (SSSR count). The van der Waals surface area contributed by atoms with Gasteiger partial charge in [-0.05, 0) is 24.6 Å².